The van der Waals surface area contributed by atoms with Crippen molar-refractivity contribution in [3.63, 3.8) is 0 Å². The molecule has 0 aromatic carbocycles. The van der Waals surface area contributed by atoms with E-state index >= 15 is 0 Å². The van der Waals surface area contributed by atoms with Gasteiger partial charge in [-0.1, -0.05) is 26.0 Å². The molecule has 17 heavy (non-hydrogen) atoms. The zero-order valence-electron chi connectivity index (χ0n) is 11.2. The number of carbonyl (C=O) groups excluding carboxylic acids is 1. The van der Waals surface area contributed by atoms with Gasteiger partial charge >= 0.3 is 0 Å². The van der Waals surface area contributed by atoms with Crippen LogP contribution < -0.4 is 0 Å². The molecule has 1 N–H and O–H groups in total. The van der Waals surface area contributed by atoms with Crippen LogP contribution in [-0.4, -0.2) is 17.0 Å². The molecule has 0 radical (unpaired) electrons. The van der Waals surface area contributed by atoms with Gasteiger partial charge in [-0.15, -0.1) is 0 Å². The van der Waals surface area contributed by atoms with Crippen LogP contribution in [0.15, 0.2) is 12.2 Å². The molecule has 0 aromatic heterocycles. The van der Waals surface area contributed by atoms with Crippen molar-refractivity contribution in [1.29, 1.82) is 0 Å². The summed E-state index contributed by atoms with van der Waals surface area (Å²) in [4.78, 5) is 12.2. The number of aliphatic hydroxyl groups is 1. The Morgan fingerprint density at radius 1 is 1.47 bits per heavy atom. The summed E-state index contributed by atoms with van der Waals surface area (Å²) in [6.45, 7) is 10.2. The molecule has 2 fully saturated rings. The number of fused-ring (bicyclic) bond motifs is 1. The van der Waals surface area contributed by atoms with Crippen molar-refractivity contribution in [2.75, 3.05) is 0 Å². The second-order valence-corrected chi connectivity index (χ2v) is 6.36. The zero-order chi connectivity index (χ0) is 12.8. The summed E-state index contributed by atoms with van der Waals surface area (Å²) in [7, 11) is 0. The standard InChI is InChI=1S/C15H24O2/c1-9(2)11-7-8-15(4)12(16)6-5-10(3)13(15)14(11)17/h10-11,13-14,17H,1,5-8H2,2-4H3/t10-,11-,13?,14-,15-/m0/s1. The summed E-state index contributed by atoms with van der Waals surface area (Å²) in [5.74, 6) is 1.11. The van der Waals surface area contributed by atoms with Gasteiger partial charge in [0.15, 0.2) is 0 Å². The van der Waals surface area contributed by atoms with Gasteiger partial charge in [0.2, 0.25) is 0 Å². The number of ketones is 1. The molecule has 2 nitrogen and oxygen atoms in total. The minimum atomic E-state index is -0.384. The number of hydrogen-bond donors (Lipinski definition) is 1. The molecule has 5 atom stereocenters. The summed E-state index contributed by atoms with van der Waals surface area (Å²) in [5, 5.41) is 10.6. The van der Waals surface area contributed by atoms with E-state index in [9.17, 15) is 9.90 Å². The van der Waals surface area contributed by atoms with Gasteiger partial charge in [-0.25, -0.2) is 0 Å². The molecular weight excluding hydrogens is 212 g/mol. The maximum absolute atomic E-state index is 12.2. The van der Waals surface area contributed by atoms with Gasteiger partial charge in [-0.3, -0.25) is 4.79 Å². The maximum Gasteiger partial charge on any atom is 0.139 e. The van der Waals surface area contributed by atoms with Gasteiger partial charge in [-0.05, 0) is 32.1 Å². The summed E-state index contributed by atoms with van der Waals surface area (Å²) < 4.78 is 0. The first-order chi connectivity index (χ1) is 7.88. The molecule has 0 amide bonds. The fourth-order valence-electron chi connectivity index (χ4n) is 4.07. The van der Waals surface area contributed by atoms with Crippen LogP contribution in [0, 0.1) is 23.2 Å². The number of hydrogen-bond acceptors (Lipinski definition) is 2. The predicted octanol–water partition coefficient (Wildman–Crippen LogP) is 2.95. The Kier molecular flexibility index (Phi) is 3.19. The largest absolute Gasteiger partial charge is 0.392 e. The highest BCUT2D eigenvalue weighted by Gasteiger charge is 2.53. The third kappa shape index (κ3) is 1.87. The number of aliphatic hydroxyl groups excluding tert-OH is 1. The molecule has 0 bridgehead atoms. The highest BCUT2D eigenvalue weighted by molar-refractivity contribution is 5.85. The van der Waals surface area contributed by atoms with Crippen LogP contribution in [0.2, 0.25) is 0 Å². The third-order valence-corrected chi connectivity index (χ3v) is 5.20. The lowest BCUT2D eigenvalue weighted by Crippen LogP contribution is -2.54. The van der Waals surface area contributed by atoms with Gasteiger partial charge in [0.25, 0.3) is 0 Å². The molecular formula is C15H24O2. The molecule has 2 rings (SSSR count). The first kappa shape index (κ1) is 12.8. The van der Waals surface area contributed by atoms with Gasteiger partial charge in [-0.2, -0.15) is 0 Å². The first-order valence-corrected chi connectivity index (χ1v) is 6.74. The average Bonchev–Trinajstić information content (AvgIpc) is 2.23. The zero-order valence-corrected chi connectivity index (χ0v) is 11.2. The van der Waals surface area contributed by atoms with Gasteiger partial charge in [0.05, 0.1) is 6.10 Å². The Bertz CT molecular complexity index is 347. The normalized spacial score (nSPS) is 46.5. The van der Waals surface area contributed by atoms with Gasteiger partial charge in [0, 0.05) is 23.7 Å². The highest BCUT2D eigenvalue weighted by Crippen LogP contribution is 2.53. The number of Topliss-reactive ketones (excluding diaryl/α,β-unsaturated/α-hetero) is 1. The van der Waals surface area contributed by atoms with Crippen LogP contribution in [0.4, 0.5) is 0 Å². The van der Waals surface area contributed by atoms with Crippen molar-refractivity contribution >= 4 is 5.78 Å². The predicted molar refractivity (Wildman–Crippen MR) is 68.5 cm³/mol. The molecule has 0 spiro atoms. The second kappa shape index (κ2) is 4.24. The van der Waals surface area contributed by atoms with E-state index in [0.29, 0.717) is 18.1 Å². The monoisotopic (exact) mass is 236 g/mol. The highest BCUT2D eigenvalue weighted by atomic mass is 16.3. The maximum atomic E-state index is 12.2. The van der Waals surface area contributed by atoms with E-state index in [0.717, 1.165) is 24.8 Å². The molecule has 0 saturated heterocycles. The molecule has 2 heteroatoms. The first-order valence-electron chi connectivity index (χ1n) is 6.74. The minimum absolute atomic E-state index is 0.124. The smallest absolute Gasteiger partial charge is 0.139 e. The lowest BCUT2D eigenvalue weighted by molar-refractivity contribution is -0.151. The Morgan fingerprint density at radius 2 is 2.12 bits per heavy atom. The molecule has 2 saturated carbocycles. The van der Waals surface area contributed by atoms with E-state index in [4.69, 9.17) is 0 Å². The van der Waals surface area contributed by atoms with Crippen LogP contribution >= 0.6 is 0 Å². The van der Waals surface area contributed by atoms with E-state index in [1.807, 2.05) is 6.92 Å². The van der Waals surface area contributed by atoms with Crippen LogP contribution in [0.25, 0.3) is 0 Å². The lowest BCUT2D eigenvalue weighted by atomic mass is 9.53. The average molecular weight is 236 g/mol. The minimum Gasteiger partial charge on any atom is -0.392 e. The second-order valence-electron chi connectivity index (χ2n) is 6.36. The molecule has 96 valence electrons. The topological polar surface area (TPSA) is 37.3 Å². The molecule has 2 aliphatic rings. The van der Waals surface area contributed by atoms with Crippen LogP contribution in [0.3, 0.4) is 0 Å². The van der Waals surface area contributed by atoms with Crippen LogP contribution in [0.1, 0.15) is 46.5 Å². The molecule has 0 aliphatic heterocycles. The van der Waals surface area contributed by atoms with E-state index in [1.165, 1.54) is 0 Å². The van der Waals surface area contributed by atoms with E-state index in [1.54, 1.807) is 0 Å². The third-order valence-electron chi connectivity index (χ3n) is 5.20. The Morgan fingerprint density at radius 3 is 2.71 bits per heavy atom. The number of carbonyl (C=O) groups is 1. The molecule has 1 unspecified atom stereocenters. The molecule has 2 aliphatic carbocycles. The SMILES string of the molecule is C=C(C)[C@@H]1CC[C@@]2(C)C(=O)CC[C@H](C)C2[C@H]1O. The van der Waals surface area contributed by atoms with Crippen LogP contribution in [0.5, 0.6) is 0 Å². The van der Waals surface area contributed by atoms with Crippen molar-refractivity contribution < 1.29 is 9.90 Å². The van der Waals surface area contributed by atoms with Crippen molar-refractivity contribution in [2.24, 2.45) is 23.2 Å². The van der Waals surface area contributed by atoms with Crippen molar-refractivity contribution in [3.8, 4) is 0 Å². The van der Waals surface area contributed by atoms with E-state index in [-0.39, 0.29) is 23.4 Å². The fourth-order valence-corrected chi connectivity index (χ4v) is 4.07. The van der Waals surface area contributed by atoms with Crippen molar-refractivity contribution in [3.05, 3.63) is 12.2 Å². The summed E-state index contributed by atoms with van der Waals surface area (Å²) in [6.07, 6.45) is 3.06. The fraction of sp³-hybridized carbons (Fsp3) is 0.800. The Balaban J connectivity index is 2.32. The molecule has 0 heterocycles. The quantitative estimate of drug-likeness (QED) is 0.711. The summed E-state index contributed by atoms with van der Waals surface area (Å²) in [5.41, 5.74) is 0.771. The Hall–Kier alpha value is -0.630. The van der Waals surface area contributed by atoms with E-state index in [2.05, 4.69) is 20.4 Å². The van der Waals surface area contributed by atoms with Gasteiger partial charge < -0.3 is 5.11 Å². The summed E-state index contributed by atoms with van der Waals surface area (Å²) in [6, 6.07) is 0. The number of rotatable bonds is 1. The van der Waals surface area contributed by atoms with Crippen molar-refractivity contribution in [2.45, 2.75) is 52.6 Å². The van der Waals surface area contributed by atoms with Crippen molar-refractivity contribution in [1.82, 2.24) is 0 Å². The Labute approximate surface area is 104 Å². The van der Waals surface area contributed by atoms with Gasteiger partial charge in [0.1, 0.15) is 5.78 Å². The molecule has 0 aromatic rings. The van der Waals surface area contributed by atoms with Crippen LogP contribution in [-0.2, 0) is 4.79 Å². The summed E-state index contributed by atoms with van der Waals surface area (Å²) >= 11 is 0. The lowest BCUT2D eigenvalue weighted by Gasteiger charge is -2.52. The van der Waals surface area contributed by atoms with E-state index < -0.39 is 0 Å².